The van der Waals surface area contributed by atoms with Crippen molar-refractivity contribution in [3.05, 3.63) is 22.7 Å². The molecule has 2 aliphatic heterocycles. The highest BCUT2D eigenvalue weighted by molar-refractivity contribution is 9.10. The quantitative estimate of drug-likeness (QED) is 0.688. The minimum absolute atomic E-state index is 0.688. The van der Waals surface area contributed by atoms with Gasteiger partial charge in [0.15, 0.2) is 0 Å². The first-order valence-electron chi connectivity index (χ1n) is 9.54. The van der Waals surface area contributed by atoms with Gasteiger partial charge >= 0.3 is 12.1 Å². The molecule has 1 N–H and O–H groups in total. The number of carboxylic acid groups (broad SMARTS) is 1. The van der Waals surface area contributed by atoms with Crippen molar-refractivity contribution < 1.29 is 27.8 Å². The van der Waals surface area contributed by atoms with Crippen LogP contribution in [0.5, 0.6) is 0 Å². The van der Waals surface area contributed by atoms with E-state index in [1.165, 1.54) is 12.8 Å². The maximum Gasteiger partial charge on any atom is 0.490 e. The van der Waals surface area contributed by atoms with Gasteiger partial charge in [0, 0.05) is 44.6 Å². The Bertz CT molecular complexity index is 878. The molecule has 0 unspecified atom stereocenters. The fourth-order valence-corrected chi connectivity index (χ4v) is 4.36. The lowest BCUT2D eigenvalue weighted by atomic mass is 10.0. The summed E-state index contributed by atoms with van der Waals surface area (Å²) < 4.78 is 40.2. The Morgan fingerprint density at radius 1 is 1.23 bits per heavy atom. The number of imidazole rings is 1. The number of anilines is 1. The lowest BCUT2D eigenvalue weighted by Gasteiger charge is -2.40. The number of aromatic nitrogens is 3. The number of halogens is 4. The van der Waals surface area contributed by atoms with E-state index < -0.39 is 12.1 Å². The first kappa shape index (κ1) is 22.8. The molecule has 12 heteroatoms. The molecule has 2 aromatic heterocycles. The summed E-state index contributed by atoms with van der Waals surface area (Å²) >= 11 is 3.59. The Kier molecular flexibility index (Phi) is 7.19. The van der Waals surface area contributed by atoms with Gasteiger partial charge in [-0.25, -0.2) is 9.78 Å². The van der Waals surface area contributed by atoms with E-state index in [0.29, 0.717) is 6.04 Å². The molecule has 8 nitrogen and oxygen atoms in total. The zero-order valence-corrected chi connectivity index (χ0v) is 18.0. The van der Waals surface area contributed by atoms with Gasteiger partial charge in [-0.15, -0.1) is 0 Å². The SMILES string of the molecule is Cc1nccn2c(N3CCC(N4CCOCC4)CC3)nc(Br)c12.O=C(O)C(F)(F)F. The van der Waals surface area contributed by atoms with E-state index in [2.05, 4.69) is 35.1 Å². The molecule has 4 heterocycles. The lowest BCUT2D eigenvalue weighted by Crippen LogP contribution is -2.49. The van der Waals surface area contributed by atoms with Crippen molar-refractivity contribution in [2.24, 2.45) is 0 Å². The predicted octanol–water partition coefficient (Wildman–Crippen LogP) is 2.73. The number of rotatable bonds is 2. The minimum atomic E-state index is -5.08. The summed E-state index contributed by atoms with van der Waals surface area (Å²) in [6, 6.07) is 0.688. The molecule has 0 saturated carbocycles. The van der Waals surface area contributed by atoms with Crippen molar-refractivity contribution in [2.45, 2.75) is 32.0 Å². The molecule has 0 aromatic carbocycles. The number of aryl methyl sites for hydroxylation is 1. The molecule has 0 spiro atoms. The van der Waals surface area contributed by atoms with Crippen LogP contribution in [0.1, 0.15) is 18.5 Å². The van der Waals surface area contributed by atoms with Crippen LogP contribution in [0.25, 0.3) is 5.52 Å². The van der Waals surface area contributed by atoms with Crippen molar-refractivity contribution in [3.8, 4) is 0 Å². The highest BCUT2D eigenvalue weighted by Crippen LogP contribution is 2.28. The standard InChI is InChI=1S/C16H22BrN5O.C2HF3O2/c1-12-14-15(17)19-16(22(14)7-4-18-12)21-5-2-13(3-6-21)20-8-10-23-11-9-20;3-2(4,5)1(6)7/h4,7,13H,2-3,5-6,8-11H2,1H3;(H,6,7). The van der Waals surface area contributed by atoms with Crippen LogP contribution in [0, 0.1) is 6.92 Å². The van der Waals surface area contributed by atoms with Crippen molar-refractivity contribution in [3.63, 3.8) is 0 Å². The summed E-state index contributed by atoms with van der Waals surface area (Å²) in [7, 11) is 0. The van der Waals surface area contributed by atoms with Crippen LogP contribution in [0.15, 0.2) is 17.0 Å². The number of ether oxygens (including phenoxy) is 1. The molecule has 0 atom stereocenters. The predicted molar refractivity (Wildman–Crippen MR) is 107 cm³/mol. The molecule has 2 saturated heterocycles. The molecule has 0 radical (unpaired) electrons. The van der Waals surface area contributed by atoms with Gasteiger partial charge in [0.25, 0.3) is 0 Å². The zero-order chi connectivity index (χ0) is 21.9. The minimum Gasteiger partial charge on any atom is -0.475 e. The number of carboxylic acids is 1. The van der Waals surface area contributed by atoms with Crippen LogP contribution in [0.3, 0.4) is 0 Å². The second-order valence-corrected chi connectivity index (χ2v) is 7.85. The number of aliphatic carboxylic acids is 1. The van der Waals surface area contributed by atoms with E-state index >= 15 is 0 Å². The number of hydrogen-bond acceptors (Lipinski definition) is 6. The summed E-state index contributed by atoms with van der Waals surface area (Å²) in [6.45, 7) is 8.04. The van der Waals surface area contributed by atoms with Crippen LogP contribution in [0.4, 0.5) is 19.1 Å². The molecule has 2 fully saturated rings. The number of alkyl halides is 3. The van der Waals surface area contributed by atoms with Gasteiger partial charge in [-0.2, -0.15) is 13.2 Å². The molecule has 0 bridgehead atoms. The summed E-state index contributed by atoms with van der Waals surface area (Å²) in [5, 5.41) is 7.12. The first-order valence-corrected chi connectivity index (χ1v) is 10.3. The van der Waals surface area contributed by atoms with E-state index in [0.717, 1.165) is 61.2 Å². The fourth-order valence-electron chi connectivity index (χ4n) is 3.73. The van der Waals surface area contributed by atoms with Gasteiger partial charge in [-0.3, -0.25) is 14.3 Å². The van der Waals surface area contributed by atoms with Crippen LogP contribution in [-0.2, 0) is 9.53 Å². The van der Waals surface area contributed by atoms with E-state index in [9.17, 15) is 13.2 Å². The van der Waals surface area contributed by atoms with Crippen molar-refractivity contribution in [1.29, 1.82) is 0 Å². The average Bonchev–Trinajstić information content (AvgIpc) is 3.06. The van der Waals surface area contributed by atoms with E-state index in [-0.39, 0.29) is 0 Å². The molecule has 0 amide bonds. The highest BCUT2D eigenvalue weighted by atomic mass is 79.9. The third-order valence-corrected chi connectivity index (χ3v) is 5.78. The molecule has 4 rings (SSSR count). The van der Waals surface area contributed by atoms with Crippen molar-refractivity contribution in [1.82, 2.24) is 19.3 Å². The molecule has 2 aliphatic rings. The third kappa shape index (κ3) is 5.22. The number of hydrogen-bond donors (Lipinski definition) is 1. The normalized spacial score (nSPS) is 18.9. The smallest absolute Gasteiger partial charge is 0.475 e. The number of carbonyl (C=O) groups is 1. The second kappa shape index (κ2) is 9.48. The molecule has 0 aliphatic carbocycles. The Hall–Kier alpha value is -1.92. The van der Waals surface area contributed by atoms with Crippen LogP contribution >= 0.6 is 15.9 Å². The maximum absolute atomic E-state index is 10.6. The Morgan fingerprint density at radius 3 is 2.40 bits per heavy atom. The van der Waals surface area contributed by atoms with Gasteiger partial charge in [0.1, 0.15) is 10.1 Å². The molecule has 166 valence electrons. The fraction of sp³-hybridized carbons (Fsp3) is 0.611. The van der Waals surface area contributed by atoms with E-state index in [4.69, 9.17) is 19.6 Å². The van der Waals surface area contributed by atoms with Gasteiger partial charge in [0.05, 0.1) is 18.9 Å². The molecule has 30 heavy (non-hydrogen) atoms. The Balaban J connectivity index is 0.000000318. The third-order valence-electron chi connectivity index (χ3n) is 5.23. The van der Waals surface area contributed by atoms with Crippen LogP contribution in [0.2, 0.25) is 0 Å². The second-order valence-electron chi connectivity index (χ2n) is 7.10. The monoisotopic (exact) mass is 493 g/mol. The summed E-state index contributed by atoms with van der Waals surface area (Å²) in [4.78, 5) is 23.0. The average molecular weight is 494 g/mol. The van der Waals surface area contributed by atoms with Gasteiger partial charge in [-0.05, 0) is 35.7 Å². The zero-order valence-electron chi connectivity index (χ0n) is 16.4. The van der Waals surface area contributed by atoms with E-state index in [1.807, 2.05) is 19.3 Å². The number of nitrogens with zero attached hydrogens (tertiary/aromatic N) is 5. The van der Waals surface area contributed by atoms with Gasteiger partial charge < -0.3 is 14.7 Å². The number of piperidine rings is 1. The lowest BCUT2D eigenvalue weighted by molar-refractivity contribution is -0.192. The van der Waals surface area contributed by atoms with Crippen LogP contribution in [-0.4, -0.2) is 82.0 Å². The molecular weight excluding hydrogens is 471 g/mol. The van der Waals surface area contributed by atoms with Gasteiger partial charge in [-0.1, -0.05) is 0 Å². The largest absolute Gasteiger partial charge is 0.490 e. The Morgan fingerprint density at radius 2 is 1.83 bits per heavy atom. The molecular formula is C18H23BrF3N5O3. The van der Waals surface area contributed by atoms with E-state index in [1.54, 1.807) is 0 Å². The summed E-state index contributed by atoms with van der Waals surface area (Å²) in [5.74, 6) is -1.73. The maximum atomic E-state index is 10.6. The molecule has 2 aromatic rings. The van der Waals surface area contributed by atoms with Gasteiger partial charge in [0.2, 0.25) is 5.95 Å². The summed E-state index contributed by atoms with van der Waals surface area (Å²) in [6.07, 6.45) is 1.15. The van der Waals surface area contributed by atoms with Crippen LogP contribution < -0.4 is 4.90 Å². The topological polar surface area (TPSA) is 83.2 Å². The number of fused-ring (bicyclic) bond motifs is 1. The van der Waals surface area contributed by atoms with Crippen molar-refractivity contribution >= 4 is 33.4 Å². The summed E-state index contributed by atoms with van der Waals surface area (Å²) in [5.41, 5.74) is 2.07. The highest BCUT2D eigenvalue weighted by Gasteiger charge is 2.38. The Labute approximate surface area is 179 Å². The first-order chi connectivity index (χ1) is 14.2. The number of morpholine rings is 1. The van der Waals surface area contributed by atoms with Crippen molar-refractivity contribution in [2.75, 3.05) is 44.3 Å².